The van der Waals surface area contributed by atoms with E-state index in [1.54, 1.807) is 30.3 Å². The molecule has 1 aliphatic rings. The molecule has 5 nitrogen and oxygen atoms in total. The van der Waals surface area contributed by atoms with Gasteiger partial charge in [-0.1, -0.05) is 18.2 Å². The molecule has 0 aliphatic carbocycles. The molecule has 27 heavy (non-hydrogen) atoms. The Morgan fingerprint density at radius 3 is 2.22 bits per heavy atom. The van der Waals surface area contributed by atoms with E-state index in [9.17, 15) is 22.0 Å². The number of halogens is 2. The third kappa shape index (κ3) is 4.70. The number of carbonyl (C=O) groups is 1. The van der Waals surface area contributed by atoms with Gasteiger partial charge in [0.1, 0.15) is 11.6 Å². The Morgan fingerprint density at radius 1 is 1.04 bits per heavy atom. The minimum Gasteiger partial charge on any atom is -0.352 e. The predicted molar refractivity (Wildman–Crippen MR) is 96.1 cm³/mol. The minimum atomic E-state index is -3.56. The Hall–Kier alpha value is -2.32. The molecule has 144 valence electrons. The van der Waals surface area contributed by atoms with Crippen LogP contribution in [0.25, 0.3) is 0 Å². The molecule has 3 rings (SSSR count). The molecule has 1 heterocycles. The molecule has 2 aromatic rings. The monoisotopic (exact) mass is 394 g/mol. The first-order valence-corrected chi connectivity index (χ1v) is 10.1. The van der Waals surface area contributed by atoms with Crippen LogP contribution >= 0.6 is 0 Å². The molecule has 0 radical (unpaired) electrons. The summed E-state index contributed by atoms with van der Waals surface area (Å²) in [4.78, 5) is 12.5. The van der Waals surface area contributed by atoms with Crippen LogP contribution in [0.1, 0.15) is 18.4 Å². The summed E-state index contributed by atoms with van der Waals surface area (Å²) in [6.45, 7) is 0.532. The molecule has 2 aromatic carbocycles. The van der Waals surface area contributed by atoms with Crippen molar-refractivity contribution in [3.63, 3.8) is 0 Å². The molecule has 1 amide bonds. The molecule has 0 bridgehead atoms. The van der Waals surface area contributed by atoms with Crippen LogP contribution < -0.4 is 5.32 Å². The van der Waals surface area contributed by atoms with Crippen molar-refractivity contribution in [3.8, 4) is 0 Å². The number of benzene rings is 2. The second-order valence-electron chi connectivity index (χ2n) is 6.49. The van der Waals surface area contributed by atoms with Gasteiger partial charge < -0.3 is 5.32 Å². The molecule has 0 spiro atoms. The summed E-state index contributed by atoms with van der Waals surface area (Å²) in [7, 11) is -3.56. The highest BCUT2D eigenvalue weighted by Gasteiger charge is 2.31. The summed E-state index contributed by atoms with van der Waals surface area (Å²) in [6.07, 6.45) is 0.796. The molecule has 1 aliphatic heterocycles. The largest absolute Gasteiger partial charge is 0.352 e. The van der Waals surface area contributed by atoms with E-state index >= 15 is 0 Å². The van der Waals surface area contributed by atoms with Crippen LogP contribution in [0.5, 0.6) is 0 Å². The topological polar surface area (TPSA) is 66.5 Å². The number of rotatable bonds is 5. The normalized spacial score (nSPS) is 16.2. The molecular weight excluding hydrogens is 374 g/mol. The summed E-state index contributed by atoms with van der Waals surface area (Å²) in [5.74, 6) is -1.96. The average Bonchev–Trinajstić information content (AvgIpc) is 2.66. The molecule has 1 fully saturated rings. The van der Waals surface area contributed by atoms with Crippen LogP contribution in [0.3, 0.4) is 0 Å². The zero-order valence-corrected chi connectivity index (χ0v) is 15.4. The van der Waals surface area contributed by atoms with Crippen LogP contribution in [-0.2, 0) is 21.4 Å². The Balaban J connectivity index is 1.55. The number of nitrogens with one attached hydrogen (secondary N) is 1. The van der Waals surface area contributed by atoms with E-state index < -0.39 is 21.7 Å². The second-order valence-corrected chi connectivity index (χ2v) is 8.42. The molecule has 0 atom stereocenters. The maximum atomic E-state index is 13.2. The average molecular weight is 394 g/mol. The third-order valence-corrected chi connectivity index (χ3v) is 6.51. The first-order valence-electron chi connectivity index (χ1n) is 8.64. The van der Waals surface area contributed by atoms with Crippen molar-refractivity contribution in [2.45, 2.75) is 24.3 Å². The summed E-state index contributed by atoms with van der Waals surface area (Å²) < 4.78 is 52.9. The number of amides is 1. The number of nitrogens with zero attached hydrogens (tertiary/aromatic N) is 1. The molecule has 8 heteroatoms. The fourth-order valence-electron chi connectivity index (χ4n) is 3.15. The highest BCUT2D eigenvalue weighted by molar-refractivity contribution is 7.89. The van der Waals surface area contributed by atoms with Gasteiger partial charge in [-0.15, -0.1) is 0 Å². The van der Waals surface area contributed by atoms with E-state index in [-0.39, 0.29) is 36.4 Å². The fourth-order valence-corrected chi connectivity index (χ4v) is 4.64. The van der Waals surface area contributed by atoms with Crippen LogP contribution in [0.4, 0.5) is 8.78 Å². The molecule has 0 unspecified atom stereocenters. The van der Waals surface area contributed by atoms with E-state index in [0.29, 0.717) is 18.4 Å². The first-order chi connectivity index (χ1) is 12.9. The van der Waals surface area contributed by atoms with E-state index in [2.05, 4.69) is 5.32 Å². The van der Waals surface area contributed by atoms with Crippen molar-refractivity contribution >= 4 is 15.9 Å². The van der Waals surface area contributed by atoms with Crippen molar-refractivity contribution < 1.29 is 22.0 Å². The molecule has 0 saturated carbocycles. The maximum Gasteiger partial charge on any atom is 0.243 e. The van der Waals surface area contributed by atoms with Gasteiger partial charge in [-0.3, -0.25) is 4.79 Å². The van der Waals surface area contributed by atoms with Crippen LogP contribution in [0, 0.1) is 17.6 Å². The summed E-state index contributed by atoms with van der Waals surface area (Å²) in [6, 6.07) is 11.3. The van der Waals surface area contributed by atoms with Gasteiger partial charge in [-0.25, -0.2) is 17.2 Å². The molecule has 1 N–H and O–H groups in total. The summed E-state index contributed by atoms with van der Waals surface area (Å²) >= 11 is 0. The Kier molecular flexibility index (Phi) is 5.86. The van der Waals surface area contributed by atoms with Crippen molar-refractivity contribution in [2.24, 2.45) is 5.92 Å². The van der Waals surface area contributed by atoms with Crippen molar-refractivity contribution in [2.75, 3.05) is 13.1 Å². The third-order valence-electron chi connectivity index (χ3n) is 4.59. The van der Waals surface area contributed by atoms with Crippen LogP contribution in [0.15, 0.2) is 53.4 Å². The zero-order chi connectivity index (χ0) is 19.4. The maximum absolute atomic E-state index is 13.2. The number of sulfonamides is 1. The molecular formula is C19H20F2N2O3S. The van der Waals surface area contributed by atoms with Gasteiger partial charge in [0.25, 0.3) is 0 Å². The van der Waals surface area contributed by atoms with Crippen LogP contribution in [-0.4, -0.2) is 31.7 Å². The zero-order valence-electron chi connectivity index (χ0n) is 14.6. The number of hydrogen-bond donors (Lipinski definition) is 1. The lowest BCUT2D eigenvalue weighted by Crippen LogP contribution is -2.42. The predicted octanol–water partition coefficient (Wildman–Crippen LogP) is 2.68. The smallest absolute Gasteiger partial charge is 0.243 e. The second kappa shape index (κ2) is 8.14. The lowest BCUT2D eigenvalue weighted by Gasteiger charge is -2.30. The van der Waals surface area contributed by atoms with Gasteiger partial charge >= 0.3 is 0 Å². The van der Waals surface area contributed by atoms with Crippen molar-refractivity contribution in [3.05, 3.63) is 65.7 Å². The van der Waals surface area contributed by atoms with E-state index in [4.69, 9.17) is 0 Å². The number of hydrogen-bond acceptors (Lipinski definition) is 3. The van der Waals surface area contributed by atoms with E-state index in [0.717, 1.165) is 6.07 Å². The van der Waals surface area contributed by atoms with Gasteiger partial charge in [0.2, 0.25) is 15.9 Å². The number of piperidine rings is 1. The standard InChI is InChI=1S/C19H20F2N2O3S/c20-16-10-14(11-17(21)12-16)13-22-19(24)15-6-8-23(9-7-15)27(25,26)18-4-2-1-3-5-18/h1-5,10-12,15H,6-9,13H2,(H,22,24). The Bertz CT molecular complexity index is 892. The quantitative estimate of drug-likeness (QED) is 0.848. The lowest BCUT2D eigenvalue weighted by atomic mass is 9.97. The van der Waals surface area contributed by atoms with Gasteiger partial charge in [0.05, 0.1) is 4.90 Å². The minimum absolute atomic E-state index is 0.0239. The molecule has 0 aromatic heterocycles. The Morgan fingerprint density at radius 2 is 1.63 bits per heavy atom. The van der Waals surface area contributed by atoms with Gasteiger partial charge in [-0.05, 0) is 42.7 Å². The SMILES string of the molecule is O=C(NCc1cc(F)cc(F)c1)C1CCN(S(=O)(=O)c2ccccc2)CC1. The highest BCUT2D eigenvalue weighted by Crippen LogP contribution is 2.24. The van der Waals surface area contributed by atoms with E-state index in [1.165, 1.54) is 16.4 Å². The van der Waals surface area contributed by atoms with Gasteiger partial charge in [0, 0.05) is 31.6 Å². The lowest BCUT2D eigenvalue weighted by molar-refractivity contribution is -0.126. The van der Waals surface area contributed by atoms with E-state index in [1.807, 2.05) is 0 Å². The van der Waals surface area contributed by atoms with Crippen molar-refractivity contribution in [1.29, 1.82) is 0 Å². The van der Waals surface area contributed by atoms with Gasteiger partial charge in [0.15, 0.2) is 0 Å². The first kappa shape index (κ1) is 19.4. The summed E-state index contributed by atoms with van der Waals surface area (Å²) in [5.41, 5.74) is 0.338. The Labute approximate surface area is 157 Å². The molecule has 1 saturated heterocycles. The fraction of sp³-hybridized carbons (Fsp3) is 0.316. The summed E-state index contributed by atoms with van der Waals surface area (Å²) in [5, 5.41) is 2.67. The van der Waals surface area contributed by atoms with Crippen LogP contribution in [0.2, 0.25) is 0 Å². The van der Waals surface area contributed by atoms with Crippen molar-refractivity contribution in [1.82, 2.24) is 9.62 Å². The van der Waals surface area contributed by atoms with Gasteiger partial charge in [-0.2, -0.15) is 4.31 Å². The number of carbonyl (C=O) groups excluding carboxylic acids is 1. The highest BCUT2D eigenvalue weighted by atomic mass is 32.2.